The lowest BCUT2D eigenvalue weighted by atomic mass is 9.98. The van der Waals surface area contributed by atoms with Gasteiger partial charge in [0.1, 0.15) is 5.82 Å². The molecule has 1 fully saturated rings. The maximum atomic E-state index is 13.7. The average Bonchev–Trinajstić information content (AvgIpc) is 2.41. The lowest BCUT2D eigenvalue weighted by Gasteiger charge is -2.30. The van der Waals surface area contributed by atoms with E-state index in [2.05, 4.69) is 5.32 Å². The van der Waals surface area contributed by atoms with Crippen molar-refractivity contribution in [1.82, 2.24) is 4.31 Å². The summed E-state index contributed by atoms with van der Waals surface area (Å²) < 4.78 is 38.1. The molecule has 0 spiro atoms. The Morgan fingerprint density at radius 3 is 2.76 bits per heavy atom. The first kappa shape index (κ1) is 15.9. The Labute approximate surface area is 124 Å². The Morgan fingerprint density at radius 1 is 1.43 bits per heavy atom. The van der Waals surface area contributed by atoms with Gasteiger partial charge in [-0.15, -0.1) is 0 Å². The molecule has 1 saturated heterocycles. The predicted molar refractivity (Wildman–Crippen MR) is 78.9 cm³/mol. The number of hydrogen-bond acceptors (Lipinski definition) is 3. The van der Waals surface area contributed by atoms with E-state index in [0.717, 1.165) is 11.8 Å². The van der Waals surface area contributed by atoms with Gasteiger partial charge in [0.15, 0.2) is 0 Å². The molecule has 0 bridgehead atoms. The fraction of sp³-hybridized carbons (Fsp3) is 0.500. The van der Waals surface area contributed by atoms with Gasteiger partial charge in [-0.1, -0.05) is 6.07 Å². The number of nitrogens with zero attached hydrogens (tertiary/aromatic N) is 1. The van der Waals surface area contributed by atoms with Crippen molar-refractivity contribution in [2.45, 2.75) is 19.8 Å². The summed E-state index contributed by atoms with van der Waals surface area (Å²) >= 11 is 0. The van der Waals surface area contributed by atoms with Gasteiger partial charge in [-0.2, -0.15) is 0 Å². The third-order valence-electron chi connectivity index (χ3n) is 3.61. The van der Waals surface area contributed by atoms with E-state index in [1.807, 2.05) is 0 Å². The summed E-state index contributed by atoms with van der Waals surface area (Å²) in [6, 6.07) is 4.57. The summed E-state index contributed by atoms with van der Waals surface area (Å²) in [6.45, 7) is 2.35. The largest absolute Gasteiger partial charge is 0.323 e. The molecule has 5 nitrogen and oxygen atoms in total. The Balaban J connectivity index is 2.06. The molecule has 1 heterocycles. The highest BCUT2D eigenvalue weighted by atomic mass is 32.2. The number of benzene rings is 1. The minimum Gasteiger partial charge on any atom is -0.323 e. The van der Waals surface area contributed by atoms with Gasteiger partial charge in [-0.3, -0.25) is 4.79 Å². The zero-order chi connectivity index (χ0) is 15.6. The van der Waals surface area contributed by atoms with Crippen LogP contribution >= 0.6 is 0 Å². The van der Waals surface area contributed by atoms with Crippen molar-refractivity contribution in [2.24, 2.45) is 5.92 Å². The summed E-state index contributed by atoms with van der Waals surface area (Å²) in [6.07, 6.45) is 2.36. The first-order valence-corrected chi connectivity index (χ1v) is 8.64. The summed E-state index contributed by atoms with van der Waals surface area (Å²) in [5.41, 5.74) is 0.897. The Kier molecular flexibility index (Phi) is 4.63. The second-order valence-electron chi connectivity index (χ2n) is 5.43. The van der Waals surface area contributed by atoms with Crippen molar-refractivity contribution in [1.29, 1.82) is 0 Å². The maximum absolute atomic E-state index is 13.7. The Morgan fingerprint density at radius 2 is 2.14 bits per heavy atom. The molecule has 1 aromatic rings. The van der Waals surface area contributed by atoms with E-state index in [-0.39, 0.29) is 18.1 Å². The van der Waals surface area contributed by atoms with Crippen molar-refractivity contribution in [3.05, 3.63) is 29.6 Å². The molecule has 1 N–H and O–H groups in total. The van der Waals surface area contributed by atoms with Crippen molar-refractivity contribution in [3.8, 4) is 0 Å². The first-order chi connectivity index (χ1) is 9.77. The first-order valence-electron chi connectivity index (χ1n) is 6.79. The monoisotopic (exact) mass is 314 g/mol. The molecule has 0 aromatic heterocycles. The van der Waals surface area contributed by atoms with Crippen molar-refractivity contribution in [3.63, 3.8) is 0 Å². The predicted octanol–water partition coefficient (Wildman–Crippen LogP) is 1.74. The van der Waals surface area contributed by atoms with Crippen LogP contribution in [-0.4, -0.2) is 38.0 Å². The number of carbonyl (C=O) groups is 1. The zero-order valence-electron chi connectivity index (χ0n) is 12.1. The van der Waals surface area contributed by atoms with Crippen LogP contribution in [0.25, 0.3) is 0 Å². The SMILES string of the molecule is Cc1ccc(NC(=O)C2CCCN(S(C)(=O)=O)C2)c(F)c1. The van der Waals surface area contributed by atoms with Crippen LogP contribution in [0.5, 0.6) is 0 Å². The molecule has 1 amide bonds. The number of anilines is 1. The van der Waals surface area contributed by atoms with Crippen LogP contribution in [0.3, 0.4) is 0 Å². The zero-order valence-corrected chi connectivity index (χ0v) is 12.9. The molecule has 7 heteroatoms. The van der Waals surface area contributed by atoms with Crippen LogP contribution in [0.4, 0.5) is 10.1 Å². The lowest BCUT2D eigenvalue weighted by Crippen LogP contribution is -2.43. The Hall–Kier alpha value is -1.47. The second-order valence-corrected chi connectivity index (χ2v) is 7.42. The molecular formula is C14H19FN2O3S. The van der Waals surface area contributed by atoms with Crippen LogP contribution in [0.2, 0.25) is 0 Å². The normalized spacial score (nSPS) is 20.2. The number of aryl methyl sites for hydroxylation is 1. The van der Waals surface area contributed by atoms with Crippen LogP contribution in [0.15, 0.2) is 18.2 Å². The number of nitrogens with one attached hydrogen (secondary N) is 1. The standard InChI is InChI=1S/C14H19FN2O3S/c1-10-5-6-13(12(15)8-10)16-14(18)11-4-3-7-17(9-11)21(2,19)20/h5-6,8,11H,3-4,7,9H2,1-2H3,(H,16,18). The number of piperidine rings is 1. The summed E-state index contributed by atoms with van der Waals surface area (Å²) in [5, 5.41) is 2.54. The van der Waals surface area contributed by atoms with Crippen LogP contribution in [-0.2, 0) is 14.8 Å². The van der Waals surface area contributed by atoms with E-state index in [1.165, 1.54) is 16.4 Å². The van der Waals surface area contributed by atoms with Gasteiger partial charge < -0.3 is 5.32 Å². The molecule has 1 aliphatic heterocycles. The van der Waals surface area contributed by atoms with E-state index < -0.39 is 21.8 Å². The van der Waals surface area contributed by atoms with Gasteiger partial charge in [0.2, 0.25) is 15.9 Å². The Bertz CT molecular complexity index is 646. The van der Waals surface area contributed by atoms with E-state index in [1.54, 1.807) is 13.0 Å². The molecule has 1 atom stereocenters. The van der Waals surface area contributed by atoms with E-state index in [0.29, 0.717) is 19.4 Å². The third kappa shape index (κ3) is 4.01. The number of sulfonamides is 1. The molecule has 0 saturated carbocycles. The van der Waals surface area contributed by atoms with Gasteiger partial charge in [0.25, 0.3) is 0 Å². The molecular weight excluding hydrogens is 295 g/mol. The third-order valence-corrected chi connectivity index (χ3v) is 4.88. The number of amides is 1. The smallest absolute Gasteiger partial charge is 0.228 e. The van der Waals surface area contributed by atoms with Gasteiger partial charge in [0.05, 0.1) is 17.9 Å². The van der Waals surface area contributed by atoms with Crippen molar-refractivity contribution < 1.29 is 17.6 Å². The van der Waals surface area contributed by atoms with Gasteiger partial charge in [-0.05, 0) is 37.5 Å². The molecule has 116 valence electrons. The van der Waals surface area contributed by atoms with E-state index >= 15 is 0 Å². The fourth-order valence-electron chi connectivity index (χ4n) is 2.41. The molecule has 21 heavy (non-hydrogen) atoms. The quantitative estimate of drug-likeness (QED) is 0.924. The van der Waals surface area contributed by atoms with Gasteiger partial charge in [0, 0.05) is 13.1 Å². The molecule has 1 aromatic carbocycles. The molecule has 2 rings (SSSR count). The highest BCUT2D eigenvalue weighted by Gasteiger charge is 2.30. The number of halogens is 1. The van der Waals surface area contributed by atoms with Gasteiger partial charge >= 0.3 is 0 Å². The van der Waals surface area contributed by atoms with Crippen LogP contribution in [0, 0.1) is 18.7 Å². The molecule has 0 aliphatic carbocycles. The topological polar surface area (TPSA) is 66.5 Å². The highest BCUT2D eigenvalue weighted by Crippen LogP contribution is 2.22. The second kappa shape index (κ2) is 6.11. The van der Waals surface area contributed by atoms with Crippen LogP contribution < -0.4 is 5.32 Å². The average molecular weight is 314 g/mol. The van der Waals surface area contributed by atoms with Crippen molar-refractivity contribution >= 4 is 21.6 Å². The number of rotatable bonds is 3. The summed E-state index contributed by atoms with van der Waals surface area (Å²) in [5.74, 6) is -1.28. The highest BCUT2D eigenvalue weighted by molar-refractivity contribution is 7.88. The van der Waals surface area contributed by atoms with E-state index in [9.17, 15) is 17.6 Å². The minimum absolute atomic E-state index is 0.127. The summed E-state index contributed by atoms with van der Waals surface area (Å²) in [7, 11) is -3.30. The molecule has 1 unspecified atom stereocenters. The summed E-state index contributed by atoms with van der Waals surface area (Å²) in [4.78, 5) is 12.2. The van der Waals surface area contributed by atoms with Crippen molar-refractivity contribution in [2.75, 3.05) is 24.7 Å². The van der Waals surface area contributed by atoms with Crippen LogP contribution in [0.1, 0.15) is 18.4 Å². The fourth-order valence-corrected chi connectivity index (χ4v) is 3.33. The maximum Gasteiger partial charge on any atom is 0.228 e. The minimum atomic E-state index is -3.30. The van der Waals surface area contributed by atoms with E-state index in [4.69, 9.17) is 0 Å². The lowest BCUT2D eigenvalue weighted by molar-refractivity contribution is -0.120. The number of carbonyl (C=O) groups excluding carboxylic acids is 1. The molecule has 0 radical (unpaired) electrons. The molecule has 1 aliphatic rings. The van der Waals surface area contributed by atoms with Gasteiger partial charge in [-0.25, -0.2) is 17.1 Å². The number of hydrogen-bond donors (Lipinski definition) is 1.